The number of piperidine rings is 1. The van der Waals surface area contributed by atoms with E-state index in [0.717, 1.165) is 50.2 Å². The van der Waals surface area contributed by atoms with E-state index in [4.69, 9.17) is 4.74 Å². The van der Waals surface area contributed by atoms with Crippen LogP contribution in [0.25, 0.3) is 0 Å². The van der Waals surface area contributed by atoms with Crippen LogP contribution >= 0.6 is 0 Å². The van der Waals surface area contributed by atoms with E-state index in [9.17, 15) is 9.59 Å². The first kappa shape index (κ1) is 21.2. The highest BCUT2D eigenvalue weighted by atomic mass is 16.5. The predicted molar refractivity (Wildman–Crippen MR) is 107 cm³/mol. The summed E-state index contributed by atoms with van der Waals surface area (Å²) in [5, 5.41) is 6.05. The first-order valence-corrected chi connectivity index (χ1v) is 10.1. The molecule has 1 aliphatic rings. The fraction of sp³-hybridized carbons (Fsp3) is 0.619. The van der Waals surface area contributed by atoms with Crippen LogP contribution in [-0.4, -0.2) is 55.5 Å². The summed E-state index contributed by atoms with van der Waals surface area (Å²) in [6.07, 6.45) is 3.88. The minimum atomic E-state index is 0.0837. The molecule has 0 bridgehead atoms. The summed E-state index contributed by atoms with van der Waals surface area (Å²) in [7, 11) is 0. The number of hydrogen-bond acceptors (Lipinski definition) is 4. The minimum absolute atomic E-state index is 0.0837. The summed E-state index contributed by atoms with van der Waals surface area (Å²) in [5.41, 5.74) is 1.07. The highest BCUT2D eigenvalue weighted by Crippen LogP contribution is 2.19. The van der Waals surface area contributed by atoms with Crippen molar-refractivity contribution in [2.24, 2.45) is 0 Å². The van der Waals surface area contributed by atoms with Crippen LogP contribution in [0.5, 0.6) is 5.75 Å². The van der Waals surface area contributed by atoms with Crippen molar-refractivity contribution in [1.82, 2.24) is 15.5 Å². The highest BCUT2D eigenvalue weighted by molar-refractivity contribution is 5.78. The van der Waals surface area contributed by atoms with Crippen molar-refractivity contribution in [3.05, 3.63) is 29.8 Å². The van der Waals surface area contributed by atoms with Gasteiger partial charge in [0.25, 0.3) is 0 Å². The lowest BCUT2D eigenvalue weighted by Gasteiger charge is -2.31. The Hall–Kier alpha value is -2.08. The topological polar surface area (TPSA) is 70.7 Å². The third-order valence-corrected chi connectivity index (χ3v) is 4.79. The van der Waals surface area contributed by atoms with Gasteiger partial charge < -0.3 is 15.4 Å². The van der Waals surface area contributed by atoms with Crippen LogP contribution in [0.2, 0.25) is 0 Å². The second-order valence-electron chi connectivity index (χ2n) is 7.01. The Morgan fingerprint density at radius 2 is 1.89 bits per heavy atom. The van der Waals surface area contributed by atoms with Crippen molar-refractivity contribution in [2.45, 2.75) is 52.0 Å². The summed E-state index contributed by atoms with van der Waals surface area (Å²) in [6, 6.07) is 8.09. The molecule has 6 heteroatoms. The number of likely N-dealkylation sites (tertiary alicyclic amines) is 1. The molecule has 2 N–H and O–H groups in total. The van der Waals surface area contributed by atoms with Gasteiger partial charge in [0.1, 0.15) is 5.75 Å². The molecule has 1 heterocycles. The van der Waals surface area contributed by atoms with Crippen molar-refractivity contribution in [2.75, 3.05) is 32.8 Å². The number of benzene rings is 1. The molecule has 0 saturated carbocycles. The predicted octanol–water partition coefficient (Wildman–Crippen LogP) is 2.12. The quantitative estimate of drug-likeness (QED) is 0.657. The number of hydrogen-bond donors (Lipinski definition) is 2. The van der Waals surface area contributed by atoms with E-state index in [1.54, 1.807) is 0 Å². The molecule has 6 nitrogen and oxygen atoms in total. The summed E-state index contributed by atoms with van der Waals surface area (Å²) >= 11 is 0. The average Bonchev–Trinajstić information content (AvgIpc) is 2.67. The minimum Gasteiger partial charge on any atom is -0.494 e. The van der Waals surface area contributed by atoms with Crippen molar-refractivity contribution in [3.63, 3.8) is 0 Å². The van der Waals surface area contributed by atoms with Gasteiger partial charge in [-0.05, 0) is 44.2 Å². The Labute approximate surface area is 162 Å². The largest absolute Gasteiger partial charge is 0.494 e. The van der Waals surface area contributed by atoms with Gasteiger partial charge in [0, 0.05) is 32.1 Å². The van der Waals surface area contributed by atoms with Crippen LogP contribution in [0.15, 0.2) is 24.3 Å². The van der Waals surface area contributed by atoms with Crippen molar-refractivity contribution in [3.8, 4) is 5.75 Å². The van der Waals surface area contributed by atoms with E-state index < -0.39 is 0 Å². The molecule has 2 rings (SSSR count). The zero-order valence-electron chi connectivity index (χ0n) is 16.6. The Balaban J connectivity index is 1.68. The van der Waals surface area contributed by atoms with E-state index in [1.165, 1.54) is 0 Å². The van der Waals surface area contributed by atoms with Gasteiger partial charge in [0.2, 0.25) is 11.8 Å². The van der Waals surface area contributed by atoms with E-state index >= 15 is 0 Å². The van der Waals surface area contributed by atoms with Gasteiger partial charge in [-0.3, -0.25) is 14.5 Å². The van der Waals surface area contributed by atoms with Gasteiger partial charge in [-0.25, -0.2) is 0 Å². The maximum atomic E-state index is 12.3. The molecule has 0 aromatic heterocycles. The molecular weight excluding hydrogens is 342 g/mol. The maximum Gasteiger partial charge on any atom is 0.234 e. The van der Waals surface area contributed by atoms with Crippen molar-refractivity contribution < 1.29 is 14.3 Å². The van der Waals surface area contributed by atoms with E-state index in [-0.39, 0.29) is 17.9 Å². The number of rotatable bonds is 10. The fourth-order valence-corrected chi connectivity index (χ4v) is 3.31. The molecule has 150 valence electrons. The summed E-state index contributed by atoms with van der Waals surface area (Å²) in [5.74, 6) is 1.04. The number of aryl methyl sites for hydroxylation is 1. The van der Waals surface area contributed by atoms with Crippen LogP contribution < -0.4 is 15.4 Å². The number of ether oxygens (including phenoxy) is 1. The molecule has 1 aliphatic heterocycles. The zero-order chi connectivity index (χ0) is 19.5. The maximum absolute atomic E-state index is 12.3. The molecule has 1 aromatic carbocycles. The number of para-hydroxylation sites is 1. The number of nitrogens with one attached hydrogen (secondary N) is 2. The highest BCUT2D eigenvalue weighted by Gasteiger charge is 2.22. The van der Waals surface area contributed by atoms with Crippen molar-refractivity contribution in [1.29, 1.82) is 0 Å². The first-order valence-electron chi connectivity index (χ1n) is 10.1. The molecule has 0 aliphatic carbocycles. The lowest BCUT2D eigenvalue weighted by Crippen LogP contribution is -2.47. The number of carbonyl (C=O) groups excluding carboxylic acids is 2. The SMILES string of the molecule is CCCNC(=O)CN1CCC(NC(=O)CCc2ccccc2OCC)CC1. The molecule has 1 aromatic rings. The van der Waals surface area contributed by atoms with Gasteiger partial charge in [-0.15, -0.1) is 0 Å². The van der Waals surface area contributed by atoms with Gasteiger partial charge in [0.05, 0.1) is 13.2 Å². The zero-order valence-corrected chi connectivity index (χ0v) is 16.6. The van der Waals surface area contributed by atoms with Crippen LogP contribution in [0.1, 0.15) is 45.1 Å². The Kier molecular flexibility index (Phi) is 9.11. The molecule has 2 amide bonds. The molecule has 1 saturated heterocycles. The molecule has 0 spiro atoms. The normalized spacial score (nSPS) is 15.3. The molecule has 1 fully saturated rings. The Bertz CT molecular complexity index is 598. The summed E-state index contributed by atoms with van der Waals surface area (Å²) in [6.45, 7) is 7.51. The second kappa shape index (κ2) is 11.6. The third kappa shape index (κ3) is 7.59. The van der Waals surface area contributed by atoms with Gasteiger partial charge in [-0.1, -0.05) is 25.1 Å². The van der Waals surface area contributed by atoms with E-state index in [2.05, 4.69) is 15.5 Å². The van der Waals surface area contributed by atoms with Gasteiger partial charge in [-0.2, -0.15) is 0 Å². The van der Waals surface area contributed by atoms with Crippen molar-refractivity contribution >= 4 is 11.8 Å². The van der Waals surface area contributed by atoms with E-state index in [0.29, 0.717) is 26.0 Å². The molecule has 0 atom stereocenters. The number of carbonyl (C=O) groups is 2. The number of nitrogens with zero attached hydrogens (tertiary/aromatic N) is 1. The lowest BCUT2D eigenvalue weighted by atomic mass is 10.0. The van der Waals surface area contributed by atoms with Crippen LogP contribution in [0.4, 0.5) is 0 Å². The standard InChI is InChI=1S/C21H33N3O3/c1-3-13-22-21(26)16-24-14-11-18(12-15-24)23-20(25)10-9-17-7-5-6-8-19(17)27-4-2/h5-8,18H,3-4,9-16H2,1-2H3,(H,22,26)(H,23,25). The summed E-state index contributed by atoms with van der Waals surface area (Å²) < 4.78 is 5.62. The lowest BCUT2D eigenvalue weighted by molar-refractivity contribution is -0.124. The number of amides is 2. The molecule has 27 heavy (non-hydrogen) atoms. The van der Waals surface area contributed by atoms with Crippen LogP contribution in [-0.2, 0) is 16.0 Å². The summed E-state index contributed by atoms with van der Waals surface area (Å²) in [4.78, 5) is 26.3. The molecular formula is C21H33N3O3. The van der Waals surface area contributed by atoms with Gasteiger partial charge >= 0.3 is 0 Å². The fourth-order valence-electron chi connectivity index (χ4n) is 3.31. The van der Waals surface area contributed by atoms with Crippen LogP contribution in [0.3, 0.4) is 0 Å². The Morgan fingerprint density at radius 3 is 2.59 bits per heavy atom. The second-order valence-corrected chi connectivity index (χ2v) is 7.01. The Morgan fingerprint density at radius 1 is 1.15 bits per heavy atom. The third-order valence-electron chi connectivity index (χ3n) is 4.79. The van der Waals surface area contributed by atoms with Crippen LogP contribution in [0, 0.1) is 0 Å². The average molecular weight is 376 g/mol. The van der Waals surface area contributed by atoms with E-state index in [1.807, 2.05) is 38.1 Å². The smallest absolute Gasteiger partial charge is 0.234 e. The first-order chi connectivity index (χ1) is 13.1. The molecule has 0 unspecified atom stereocenters. The molecule has 0 radical (unpaired) electrons. The monoisotopic (exact) mass is 375 g/mol. The van der Waals surface area contributed by atoms with Gasteiger partial charge in [0.15, 0.2) is 0 Å².